The predicted octanol–water partition coefficient (Wildman–Crippen LogP) is 1.50. The number of aromatic nitrogens is 1. The Bertz CT molecular complexity index is 370. The van der Waals surface area contributed by atoms with Crippen LogP contribution in [0.15, 0.2) is 24.5 Å². The highest BCUT2D eigenvalue weighted by atomic mass is 16.1. The molecule has 0 fully saturated rings. The number of nitrogens with two attached hydrogens (primary N) is 1. The molecule has 0 radical (unpaired) electrons. The minimum absolute atomic E-state index is 0.0129. The minimum atomic E-state index is -0.0152. The van der Waals surface area contributed by atoms with E-state index in [9.17, 15) is 4.79 Å². The monoisotopic (exact) mass is 249 g/mol. The molecule has 100 valence electrons. The lowest BCUT2D eigenvalue weighted by Crippen LogP contribution is -2.48. The van der Waals surface area contributed by atoms with E-state index in [1.165, 1.54) is 0 Å². The number of nitrogens with zero attached hydrogens (tertiary/aromatic N) is 1. The molecule has 0 aliphatic rings. The Morgan fingerprint density at radius 2 is 2.22 bits per heavy atom. The molecule has 0 saturated carbocycles. The second-order valence-corrected chi connectivity index (χ2v) is 5.58. The highest BCUT2D eigenvalue weighted by Gasteiger charge is 2.24. The molecule has 0 aliphatic carbocycles. The largest absolute Gasteiger partial charge is 0.352 e. The van der Waals surface area contributed by atoms with Gasteiger partial charge in [-0.05, 0) is 23.5 Å². The van der Waals surface area contributed by atoms with Gasteiger partial charge in [-0.3, -0.25) is 9.78 Å². The van der Waals surface area contributed by atoms with Gasteiger partial charge < -0.3 is 11.1 Å². The lowest BCUT2D eigenvalue weighted by Gasteiger charge is -2.30. The van der Waals surface area contributed by atoms with Crippen molar-refractivity contribution in [1.29, 1.82) is 0 Å². The standard InChI is InChI=1S/C14H23N3O/c1-14(2,3)12(9-15)17-13(18)7-6-11-5-4-8-16-10-11/h4-5,8,10,12H,6-7,9,15H2,1-3H3,(H,17,18). The average molecular weight is 249 g/mol. The maximum absolute atomic E-state index is 11.8. The van der Waals surface area contributed by atoms with Crippen LogP contribution >= 0.6 is 0 Å². The van der Waals surface area contributed by atoms with Gasteiger partial charge in [0.05, 0.1) is 0 Å². The number of carbonyl (C=O) groups is 1. The Kier molecular flexibility index (Phi) is 5.28. The van der Waals surface area contributed by atoms with Gasteiger partial charge in [-0.15, -0.1) is 0 Å². The van der Waals surface area contributed by atoms with Crippen LogP contribution in [0, 0.1) is 5.41 Å². The summed E-state index contributed by atoms with van der Waals surface area (Å²) in [4.78, 5) is 15.9. The van der Waals surface area contributed by atoms with E-state index in [2.05, 4.69) is 31.1 Å². The molecule has 0 spiro atoms. The van der Waals surface area contributed by atoms with E-state index >= 15 is 0 Å². The molecule has 4 heteroatoms. The summed E-state index contributed by atoms with van der Waals surface area (Å²) in [6.45, 7) is 6.69. The van der Waals surface area contributed by atoms with Crippen molar-refractivity contribution < 1.29 is 4.79 Å². The van der Waals surface area contributed by atoms with Crippen molar-refractivity contribution in [2.24, 2.45) is 11.1 Å². The first-order valence-electron chi connectivity index (χ1n) is 6.32. The minimum Gasteiger partial charge on any atom is -0.352 e. The van der Waals surface area contributed by atoms with Gasteiger partial charge in [0.1, 0.15) is 0 Å². The first-order valence-corrected chi connectivity index (χ1v) is 6.32. The van der Waals surface area contributed by atoms with E-state index in [0.29, 0.717) is 19.4 Å². The second kappa shape index (κ2) is 6.50. The summed E-state index contributed by atoms with van der Waals surface area (Å²) in [5, 5.41) is 2.99. The van der Waals surface area contributed by atoms with Crippen LogP contribution in [0.1, 0.15) is 32.8 Å². The van der Waals surface area contributed by atoms with E-state index < -0.39 is 0 Å². The Morgan fingerprint density at radius 1 is 1.50 bits per heavy atom. The average Bonchev–Trinajstić information content (AvgIpc) is 2.33. The summed E-state index contributed by atoms with van der Waals surface area (Å²) in [5.41, 5.74) is 6.75. The van der Waals surface area contributed by atoms with Gasteiger partial charge in [0.25, 0.3) is 0 Å². The van der Waals surface area contributed by atoms with E-state index in [1.807, 2.05) is 12.1 Å². The van der Waals surface area contributed by atoms with Gasteiger partial charge in [0.15, 0.2) is 0 Å². The quantitative estimate of drug-likeness (QED) is 0.831. The Hall–Kier alpha value is -1.42. The van der Waals surface area contributed by atoms with Gasteiger partial charge in [0, 0.05) is 31.4 Å². The van der Waals surface area contributed by atoms with E-state index in [1.54, 1.807) is 12.4 Å². The number of aryl methyl sites for hydroxylation is 1. The van der Waals surface area contributed by atoms with Crippen molar-refractivity contribution in [3.63, 3.8) is 0 Å². The lowest BCUT2D eigenvalue weighted by molar-refractivity contribution is -0.122. The van der Waals surface area contributed by atoms with E-state index in [0.717, 1.165) is 5.56 Å². The first kappa shape index (κ1) is 14.6. The van der Waals surface area contributed by atoms with Crippen molar-refractivity contribution in [1.82, 2.24) is 10.3 Å². The molecule has 1 rings (SSSR count). The molecule has 1 aromatic rings. The van der Waals surface area contributed by atoms with Crippen LogP contribution in [0.2, 0.25) is 0 Å². The lowest BCUT2D eigenvalue weighted by atomic mass is 9.86. The van der Waals surface area contributed by atoms with Crippen LogP contribution in [-0.4, -0.2) is 23.5 Å². The smallest absolute Gasteiger partial charge is 0.220 e. The molecule has 1 atom stereocenters. The van der Waals surface area contributed by atoms with Crippen LogP contribution in [0.4, 0.5) is 0 Å². The molecular weight excluding hydrogens is 226 g/mol. The third kappa shape index (κ3) is 4.84. The highest BCUT2D eigenvalue weighted by molar-refractivity contribution is 5.76. The molecule has 0 saturated heterocycles. The summed E-state index contributed by atoms with van der Waals surface area (Å²) < 4.78 is 0. The zero-order valence-electron chi connectivity index (χ0n) is 11.4. The van der Waals surface area contributed by atoms with Crippen molar-refractivity contribution in [3.05, 3.63) is 30.1 Å². The van der Waals surface area contributed by atoms with E-state index in [-0.39, 0.29) is 17.4 Å². The number of hydrogen-bond acceptors (Lipinski definition) is 3. The molecular formula is C14H23N3O. The number of rotatable bonds is 5. The first-order chi connectivity index (χ1) is 8.43. The second-order valence-electron chi connectivity index (χ2n) is 5.58. The maximum atomic E-state index is 11.8. The summed E-state index contributed by atoms with van der Waals surface area (Å²) in [5.74, 6) is 0.0456. The van der Waals surface area contributed by atoms with Gasteiger partial charge in [-0.1, -0.05) is 26.8 Å². The molecule has 18 heavy (non-hydrogen) atoms. The predicted molar refractivity (Wildman–Crippen MR) is 73.0 cm³/mol. The molecule has 0 aromatic carbocycles. The third-order valence-corrected chi connectivity index (χ3v) is 2.98. The fourth-order valence-electron chi connectivity index (χ4n) is 1.70. The Morgan fingerprint density at radius 3 is 2.72 bits per heavy atom. The van der Waals surface area contributed by atoms with Gasteiger partial charge in [0.2, 0.25) is 5.91 Å². The summed E-state index contributed by atoms with van der Waals surface area (Å²) in [7, 11) is 0. The highest BCUT2D eigenvalue weighted by Crippen LogP contribution is 2.18. The molecule has 0 aliphatic heterocycles. The van der Waals surface area contributed by atoms with Crippen LogP contribution in [0.5, 0.6) is 0 Å². The zero-order chi connectivity index (χ0) is 13.6. The maximum Gasteiger partial charge on any atom is 0.220 e. The Labute approximate surface area is 109 Å². The fourth-order valence-corrected chi connectivity index (χ4v) is 1.70. The van der Waals surface area contributed by atoms with Crippen molar-refractivity contribution >= 4 is 5.91 Å². The van der Waals surface area contributed by atoms with Gasteiger partial charge in [-0.25, -0.2) is 0 Å². The number of carbonyl (C=O) groups excluding carboxylic acids is 1. The molecule has 1 amide bonds. The van der Waals surface area contributed by atoms with Crippen molar-refractivity contribution in [2.45, 2.75) is 39.7 Å². The molecule has 1 heterocycles. The number of pyridine rings is 1. The number of nitrogens with one attached hydrogen (secondary N) is 1. The number of amides is 1. The van der Waals surface area contributed by atoms with Crippen LogP contribution in [0.3, 0.4) is 0 Å². The third-order valence-electron chi connectivity index (χ3n) is 2.98. The molecule has 1 aromatic heterocycles. The van der Waals surface area contributed by atoms with Crippen molar-refractivity contribution in [2.75, 3.05) is 6.54 Å². The van der Waals surface area contributed by atoms with Gasteiger partial charge in [-0.2, -0.15) is 0 Å². The Balaban J connectivity index is 2.42. The van der Waals surface area contributed by atoms with Crippen molar-refractivity contribution in [3.8, 4) is 0 Å². The molecule has 0 bridgehead atoms. The fraction of sp³-hybridized carbons (Fsp3) is 0.571. The van der Waals surface area contributed by atoms with Crippen LogP contribution < -0.4 is 11.1 Å². The normalized spacial score (nSPS) is 13.1. The number of hydrogen-bond donors (Lipinski definition) is 2. The summed E-state index contributed by atoms with van der Waals surface area (Å²) in [6.07, 6.45) is 4.70. The molecule has 3 N–H and O–H groups in total. The van der Waals surface area contributed by atoms with E-state index in [4.69, 9.17) is 5.73 Å². The SMILES string of the molecule is CC(C)(C)C(CN)NC(=O)CCc1cccnc1. The molecule has 1 unspecified atom stereocenters. The topological polar surface area (TPSA) is 68.0 Å². The summed E-state index contributed by atoms with van der Waals surface area (Å²) in [6, 6.07) is 3.87. The van der Waals surface area contributed by atoms with Gasteiger partial charge >= 0.3 is 0 Å². The molecule has 4 nitrogen and oxygen atoms in total. The zero-order valence-corrected chi connectivity index (χ0v) is 11.4. The summed E-state index contributed by atoms with van der Waals surface area (Å²) >= 11 is 0. The van der Waals surface area contributed by atoms with Crippen LogP contribution in [-0.2, 0) is 11.2 Å². The van der Waals surface area contributed by atoms with Crippen LogP contribution in [0.25, 0.3) is 0 Å².